The molecule has 0 fully saturated rings. The fraction of sp³-hybridized carbons (Fsp3) is 0. The molecule has 0 aliphatic heterocycles. The van der Waals surface area contributed by atoms with Crippen LogP contribution in [0.4, 0.5) is 0 Å². The van der Waals surface area contributed by atoms with Gasteiger partial charge in [-0.05, 0) is 0 Å². The predicted molar refractivity (Wildman–Crippen MR) is 39.4 cm³/mol. The SMILES string of the molecule is C=C[SiH](O[SiH3])O[SiH3]. The van der Waals surface area contributed by atoms with Gasteiger partial charge >= 0.3 is 9.28 Å². The van der Waals surface area contributed by atoms with Crippen LogP contribution in [-0.4, -0.2) is 30.3 Å². The Balaban J connectivity index is 3.16. The minimum atomic E-state index is -1.28. The van der Waals surface area contributed by atoms with Crippen molar-refractivity contribution in [3.8, 4) is 0 Å². The van der Waals surface area contributed by atoms with Crippen LogP contribution in [0.3, 0.4) is 0 Å². The van der Waals surface area contributed by atoms with Gasteiger partial charge in [-0.15, -0.1) is 6.58 Å². The van der Waals surface area contributed by atoms with Crippen LogP contribution in [-0.2, 0) is 8.23 Å². The summed E-state index contributed by atoms with van der Waals surface area (Å²) in [7, 11) is 0.274. The largest absolute Gasteiger partial charge is 0.444 e. The van der Waals surface area contributed by atoms with Crippen molar-refractivity contribution in [1.29, 1.82) is 0 Å². The second-order valence-corrected chi connectivity index (χ2v) is 6.05. The molecule has 5 heteroatoms. The van der Waals surface area contributed by atoms with Crippen molar-refractivity contribution in [2.24, 2.45) is 0 Å². The first kappa shape index (κ1) is 7.31. The maximum atomic E-state index is 5.02. The Kier molecular flexibility index (Phi) is 4.67. The lowest BCUT2D eigenvalue weighted by molar-refractivity contribution is 0.489. The molecule has 0 aromatic rings. The molecular formula is C2H10O2Si3. The maximum absolute atomic E-state index is 5.02. The molecule has 0 radical (unpaired) electrons. The zero-order chi connectivity index (χ0) is 5.70. The zero-order valence-corrected chi connectivity index (χ0v) is 9.83. The summed E-state index contributed by atoms with van der Waals surface area (Å²) in [6.07, 6.45) is 0. The van der Waals surface area contributed by atoms with E-state index in [0.29, 0.717) is 0 Å². The van der Waals surface area contributed by atoms with E-state index in [9.17, 15) is 0 Å². The Morgan fingerprint density at radius 3 is 1.86 bits per heavy atom. The Hall–Kier alpha value is 0.311. The third-order valence-electron chi connectivity index (χ3n) is 0.657. The minimum absolute atomic E-state index is 0.779. The van der Waals surface area contributed by atoms with Crippen molar-refractivity contribution < 1.29 is 8.23 Å². The summed E-state index contributed by atoms with van der Waals surface area (Å²) < 4.78 is 10.0. The lowest BCUT2D eigenvalue weighted by Crippen LogP contribution is -2.16. The molecule has 0 N–H and O–H groups in total. The van der Waals surface area contributed by atoms with E-state index in [0.717, 1.165) is 21.0 Å². The van der Waals surface area contributed by atoms with E-state index in [2.05, 4.69) is 6.58 Å². The molecule has 0 saturated heterocycles. The van der Waals surface area contributed by atoms with Gasteiger partial charge in [-0.2, -0.15) is 0 Å². The molecule has 0 aliphatic rings. The van der Waals surface area contributed by atoms with Gasteiger partial charge in [0.1, 0.15) is 21.0 Å². The average Bonchev–Trinajstić information content (AvgIpc) is 1.72. The average molecular weight is 150 g/mol. The van der Waals surface area contributed by atoms with E-state index in [1.807, 2.05) is 0 Å². The summed E-state index contributed by atoms with van der Waals surface area (Å²) in [5.74, 6) is 0. The first-order valence-electron chi connectivity index (χ1n) is 2.03. The third kappa shape index (κ3) is 2.94. The maximum Gasteiger partial charge on any atom is 0.326 e. The summed E-state index contributed by atoms with van der Waals surface area (Å²) in [6, 6.07) is 0. The molecule has 0 bridgehead atoms. The highest BCUT2D eigenvalue weighted by Gasteiger charge is 1.97. The van der Waals surface area contributed by atoms with E-state index < -0.39 is 9.28 Å². The Morgan fingerprint density at radius 2 is 1.86 bits per heavy atom. The molecule has 42 valence electrons. The number of hydrogen-bond donors (Lipinski definition) is 0. The van der Waals surface area contributed by atoms with Crippen molar-refractivity contribution >= 4 is 30.3 Å². The van der Waals surface area contributed by atoms with Gasteiger partial charge in [0, 0.05) is 0 Å². The van der Waals surface area contributed by atoms with Crippen LogP contribution in [0.5, 0.6) is 0 Å². The molecule has 0 amide bonds. The molecule has 0 heterocycles. The zero-order valence-electron chi connectivity index (χ0n) is 4.68. The lowest BCUT2D eigenvalue weighted by Gasteiger charge is -2.03. The highest BCUT2D eigenvalue weighted by atomic mass is 28.4. The topological polar surface area (TPSA) is 18.5 Å². The Labute approximate surface area is 51.5 Å². The molecule has 0 spiro atoms. The van der Waals surface area contributed by atoms with Gasteiger partial charge in [0.05, 0.1) is 0 Å². The smallest absolute Gasteiger partial charge is 0.326 e. The number of rotatable bonds is 3. The molecule has 7 heavy (non-hydrogen) atoms. The summed E-state index contributed by atoms with van der Waals surface area (Å²) >= 11 is 0. The van der Waals surface area contributed by atoms with Gasteiger partial charge in [0.25, 0.3) is 0 Å². The van der Waals surface area contributed by atoms with Crippen LogP contribution in [0.25, 0.3) is 0 Å². The molecule has 2 nitrogen and oxygen atoms in total. The molecular weight excluding hydrogens is 140 g/mol. The summed E-state index contributed by atoms with van der Waals surface area (Å²) in [5.41, 5.74) is 1.79. The van der Waals surface area contributed by atoms with E-state index in [-0.39, 0.29) is 0 Å². The van der Waals surface area contributed by atoms with E-state index in [1.54, 1.807) is 5.70 Å². The highest BCUT2D eigenvalue weighted by molar-refractivity contribution is 6.57. The van der Waals surface area contributed by atoms with Crippen molar-refractivity contribution in [3.05, 3.63) is 12.3 Å². The van der Waals surface area contributed by atoms with Crippen LogP contribution in [0, 0.1) is 0 Å². The molecule has 0 atom stereocenters. The second kappa shape index (κ2) is 4.47. The standard InChI is InChI=1S/C2H10O2Si3/c1-2-7(3-5)4-6/h2,7H,1H2,5-6H3. The van der Waals surface area contributed by atoms with Crippen LogP contribution in [0.1, 0.15) is 0 Å². The summed E-state index contributed by atoms with van der Waals surface area (Å²) in [4.78, 5) is 0. The van der Waals surface area contributed by atoms with Crippen LogP contribution in [0.2, 0.25) is 0 Å². The summed E-state index contributed by atoms with van der Waals surface area (Å²) in [5, 5.41) is 0. The van der Waals surface area contributed by atoms with Crippen LogP contribution in [0.15, 0.2) is 12.3 Å². The molecule has 0 saturated carbocycles. The van der Waals surface area contributed by atoms with E-state index in [1.165, 1.54) is 0 Å². The second-order valence-electron chi connectivity index (χ2n) is 1.08. The molecule has 0 unspecified atom stereocenters. The van der Waals surface area contributed by atoms with Crippen molar-refractivity contribution in [2.75, 3.05) is 0 Å². The van der Waals surface area contributed by atoms with Gasteiger partial charge in [-0.1, -0.05) is 5.70 Å². The van der Waals surface area contributed by atoms with E-state index >= 15 is 0 Å². The predicted octanol–water partition coefficient (Wildman–Crippen LogP) is -2.47. The Bertz CT molecular complexity index is 52.9. The molecule has 0 aromatic carbocycles. The van der Waals surface area contributed by atoms with Gasteiger partial charge in [0.2, 0.25) is 0 Å². The Morgan fingerprint density at radius 1 is 1.43 bits per heavy atom. The fourth-order valence-electron chi connectivity index (χ4n) is 0.289. The molecule has 0 aliphatic carbocycles. The minimum Gasteiger partial charge on any atom is -0.444 e. The first-order valence-corrected chi connectivity index (χ1v) is 5.27. The van der Waals surface area contributed by atoms with Gasteiger partial charge in [-0.3, -0.25) is 0 Å². The normalized spacial score (nSPS) is 14.3. The monoisotopic (exact) mass is 150 g/mol. The number of hydrogen-bond acceptors (Lipinski definition) is 2. The first-order chi connectivity index (χ1) is 3.35. The van der Waals surface area contributed by atoms with Crippen molar-refractivity contribution in [1.82, 2.24) is 0 Å². The van der Waals surface area contributed by atoms with Gasteiger partial charge < -0.3 is 8.23 Å². The van der Waals surface area contributed by atoms with E-state index in [4.69, 9.17) is 8.23 Å². The van der Waals surface area contributed by atoms with Crippen molar-refractivity contribution in [2.45, 2.75) is 0 Å². The van der Waals surface area contributed by atoms with Crippen LogP contribution < -0.4 is 0 Å². The van der Waals surface area contributed by atoms with Crippen molar-refractivity contribution in [3.63, 3.8) is 0 Å². The molecule has 0 aromatic heterocycles. The van der Waals surface area contributed by atoms with Crippen LogP contribution >= 0.6 is 0 Å². The third-order valence-corrected chi connectivity index (χ3v) is 4.76. The van der Waals surface area contributed by atoms with Gasteiger partial charge in [-0.25, -0.2) is 0 Å². The highest BCUT2D eigenvalue weighted by Crippen LogP contribution is 1.80. The summed E-state index contributed by atoms with van der Waals surface area (Å²) in [6.45, 7) is 3.56. The fourth-order valence-corrected chi connectivity index (χ4v) is 4.33. The lowest BCUT2D eigenvalue weighted by atomic mass is 11.3. The molecule has 0 rings (SSSR count). The van der Waals surface area contributed by atoms with Gasteiger partial charge in [0.15, 0.2) is 0 Å². The quantitative estimate of drug-likeness (QED) is 0.415.